The van der Waals surface area contributed by atoms with Crippen LogP contribution < -0.4 is 10.1 Å². The maximum atomic E-state index is 13.5. The number of rotatable bonds is 9. The first-order chi connectivity index (χ1) is 18.6. The van der Waals surface area contributed by atoms with Gasteiger partial charge >= 0.3 is 0 Å². The van der Waals surface area contributed by atoms with Gasteiger partial charge in [0, 0.05) is 36.2 Å². The Labute approximate surface area is 221 Å². The van der Waals surface area contributed by atoms with E-state index in [9.17, 15) is 9.59 Å². The van der Waals surface area contributed by atoms with Crippen LogP contribution in [0.2, 0.25) is 0 Å². The van der Waals surface area contributed by atoms with Crippen molar-refractivity contribution < 1.29 is 19.1 Å². The lowest BCUT2D eigenvalue weighted by Crippen LogP contribution is -2.42. The van der Waals surface area contributed by atoms with Gasteiger partial charge in [-0.25, -0.2) is 4.98 Å². The Hall–Kier alpha value is -4.43. The van der Waals surface area contributed by atoms with Gasteiger partial charge in [-0.1, -0.05) is 54.6 Å². The molecule has 1 aromatic heterocycles. The third-order valence-corrected chi connectivity index (χ3v) is 6.45. The number of nitrogens with one attached hydrogen (secondary N) is 1. The molecule has 1 N–H and O–H groups in total. The Morgan fingerprint density at radius 1 is 1.05 bits per heavy atom. The molecule has 0 aliphatic carbocycles. The molecule has 0 bridgehead atoms. The van der Waals surface area contributed by atoms with E-state index < -0.39 is 0 Å². The van der Waals surface area contributed by atoms with Gasteiger partial charge in [0.25, 0.3) is 5.91 Å². The first kappa shape index (κ1) is 25.2. The fraction of sp³-hybridized carbons (Fsp3) is 0.233. The highest BCUT2D eigenvalue weighted by Crippen LogP contribution is 2.24. The van der Waals surface area contributed by atoms with Crippen molar-refractivity contribution in [1.82, 2.24) is 14.5 Å². The molecule has 0 radical (unpaired) electrons. The van der Waals surface area contributed by atoms with Crippen LogP contribution in [0.25, 0.3) is 16.9 Å². The first-order valence-electron chi connectivity index (χ1n) is 12.7. The van der Waals surface area contributed by atoms with Crippen molar-refractivity contribution in [2.45, 2.75) is 18.9 Å². The van der Waals surface area contributed by atoms with Crippen LogP contribution in [0.5, 0.6) is 5.75 Å². The van der Waals surface area contributed by atoms with Crippen molar-refractivity contribution in [3.63, 3.8) is 0 Å². The fourth-order valence-corrected chi connectivity index (χ4v) is 4.53. The third kappa shape index (κ3) is 5.92. The zero-order chi connectivity index (χ0) is 26.3. The van der Waals surface area contributed by atoms with E-state index in [1.165, 1.54) is 4.90 Å². The predicted molar refractivity (Wildman–Crippen MR) is 146 cm³/mol. The number of hydrogen-bond donors (Lipinski definition) is 1. The maximum absolute atomic E-state index is 13.5. The number of carbonyl (C=O) groups excluding carboxylic acids is 2. The lowest BCUT2D eigenvalue weighted by Gasteiger charge is -2.25. The van der Waals surface area contributed by atoms with Crippen molar-refractivity contribution >= 4 is 17.8 Å². The first-order valence-corrected chi connectivity index (χ1v) is 12.7. The standard InChI is InChI=1S/C30H30N4O4/c1-37-25-15-8-12-23(18-25)29(36)33(19-26-16-9-17-38-26)21-28(35)32-30-31-27(22-10-4-2-5-11-22)20-34(30)24-13-6-3-7-14-24/h2-8,10-15,18,20,26H,9,16-17,19,21H2,1H3,(H,31,32,35)/t26-/m0/s1. The van der Waals surface area contributed by atoms with Crippen LogP contribution in [-0.2, 0) is 9.53 Å². The zero-order valence-corrected chi connectivity index (χ0v) is 21.2. The summed E-state index contributed by atoms with van der Waals surface area (Å²) in [5.41, 5.74) is 2.98. The molecule has 1 aliphatic heterocycles. The molecule has 0 saturated carbocycles. The van der Waals surface area contributed by atoms with E-state index in [-0.39, 0.29) is 24.5 Å². The highest BCUT2D eigenvalue weighted by Gasteiger charge is 2.26. The summed E-state index contributed by atoms with van der Waals surface area (Å²) in [6, 6.07) is 26.4. The van der Waals surface area contributed by atoms with Crippen LogP contribution in [0.1, 0.15) is 23.2 Å². The molecule has 0 unspecified atom stereocenters. The Balaban J connectivity index is 1.40. The van der Waals surface area contributed by atoms with Gasteiger partial charge in [0.2, 0.25) is 11.9 Å². The largest absolute Gasteiger partial charge is 0.497 e. The summed E-state index contributed by atoms with van der Waals surface area (Å²) in [6.45, 7) is 0.846. The smallest absolute Gasteiger partial charge is 0.254 e. The molecule has 1 atom stereocenters. The van der Waals surface area contributed by atoms with Crippen LogP contribution in [-0.4, -0.2) is 59.2 Å². The average Bonchev–Trinajstić information content (AvgIpc) is 3.63. The summed E-state index contributed by atoms with van der Waals surface area (Å²) in [7, 11) is 1.56. The molecular formula is C30H30N4O4. The van der Waals surface area contributed by atoms with E-state index in [2.05, 4.69) is 5.32 Å². The number of hydrogen-bond acceptors (Lipinski definition) is 5. The van der Waals surface area contributed by atoms with Crippen LogP contribution in [0.4, 0.5) is 5.95 Å². The van der Waals surface area contributed by atoms with Gasteiger partial charge in [0.15, 0.2) is 0 Å². The normalized spacial score (nSPS) is 14.7. The number of ether oxygens (including phenoxy) is 2. The van der Waals surface area contributed by atoms with Crippen molar-refractivity contribution in [2.24, 2.45) is 0 Å². The second-order valence-corrected chi connectivity index (χ2v) is 9.12. The molecule has 194 valence electrons. The predicted octanol–water partition coefficient (Wildman–Crippen LogP) is 4.81. The molecule has 3 aromatic carbocycles. The highest BCUT2D eigenvalue weighted by molar-refractivity contribution is 5.99. The van der Waals surface area contributed by atoms with Crippen LogP contribution in [0.3, 0.4) is 0 Å². The van der Waals surface area contributed by atoms with Gasteiger partial charge in [-0.05, 0) is 43.2 Å². The Morgan fingerprint density at radius 2 is 1.82 bits per heavy atom. The molecule has 2 amide bonds. The van der Waals surface area contributed by atoms with E-state index in [4.69, 9.17) is 14.5 Å². The van der Waals surface area contributed by atoms with E-state index in [0.717, 1.165) is 29.8 Å². The van der Waals surface area contributed by atoms with Crippen molar-refractivity contribution in [3.8, 4) is 22.7 Å². The van der Waals surface area contributed by atoms with Gasteiger partial charge in [-0.15, -0.1) is 0 Å². The lowest BCUT2D eigenvalue weighted by atomic mass is 10.1. The highest BCUT2D eigenvalue weighted by atomic mass is 16.5. The molecular weight excluding hydrogens is 480 g/mol. The van der Waals surface area contributed by atoms with Gasteiger partial charge in [0.1, 0.15) is 12.3 Å². The topological polar surface area (TPSA) is 85.7 Å². The molecule has 8 nitrogen and oxygen atoms in total. The molecule has 8 heteroatoms. The Bertz CT molecular complexity index is 1380. The number of amides is 2. The van der Waals surface area contributed by atoms with E-state index in [0.29, 0.717) is 30.4 Å². The molecule has 0 spiro atoms. The minimum absolute atomic E-state index is 0.103. The molecule has 2 heterocycles. The van der Waals surface area contributed by atoms with Crippen molar-refractivity contribution in [1.29, 1.82) is 0 Å². The fourth-order valence-electron chi connectivity index (χ4n) is 4.53. The quantitative estimate of drug-likeness (QED) is 0.349. The summed E-state index contributed by atoms with van der Waals surface area (Å²) in [4.78, 5) is 33.1. The average molecular weight is 511 g/mol. The molecule has 1 fully saturated rings. The van der Waals surface area contributed by atoms with Gasteiger partial charge < -0.3 is 14.4 Å². The summed E-state index contributed by atoms with van der Waals surface area (Å²) >= 11 is 0. The number of anilines is 1. The summed E-state index contributed by atoms with van der Waals surface area (Å²) in [5.74, 6) is 0.356. The molecule has 4 aromatic rings. The number of methoxy groups -OCH3 is 1. The maximum Gasteiger partial charge on any atom is 0.254 e. The number of benzene rings is 3. The molecule has 1 saturated heterocycles. The van der Waals surface area contributed by atoms with Crippen molar-refractivity contribution in [3.05, 3.63) is 96.7 Å². The second kappa shape index (κ2) is 11.7. The number of nitrogens with zero attached hydrogens (tertiary/aromatic N) is 3. The third-order valence-electron chi connectivity index (χ3n) is 6.45. The van der Waals surface area contributed by atoms with Gasteiger partial charge in [-0.2, -0.15) is 0 Å². The van der Waals surface area contributed by atoms with Crippen molar-refractivity contribution in [2.75, 3.05) is 32.1 Å². The summed E-state index contributed by atoms with van der Waals surface area (Å²) in [5, 5.41) is 2.94. The Morgan fingerprint density at radius 3 is 2.53 bits per heavy atom. The lowest BCUT2D eigenvalue weighted by molar-refractivity contribution is -0.117. The number of imidazole rings is 1. The zero-order valence-electron chi connectivity index (χ0n) is 21.2. The summed E-state index contributed by atoms with van der Waals surface area (Å²) in [6.07, 6.45) is 3.58. The summed E-state index contributed by atoms with van der Waals surface area (Å²) < 4.78 is 12.9. The molecule has 1 aliphatic rings. The van der Waals surface area contributed by atoms with Gasteiger partial charge in [0.05, 0.1) is 18.9 Å². The second-order valence-electron chi connectivity index (χ2n) is 9.12. The van der Waals surface area contributed by atoms with E-state index in [1.807, 2.05) is 71.4 Å². The number of para-hydroxylation sites is 1. The minimum atomic E-state index is -0.346. The number of carbonyl (C=O) groups is 2. The van der Waals surface area contributed by atoms with Crippen LogP contribution in [0.15, 0.2) is 91.1 Å². The number of aromatic nitrogens is 2. The molecule has 5 rings (SSSR count). The van der Waals surface area contributed by atoms with E-state index in [1.54, 1.807) is 31.4 Å². The monoisotopic (exact) mass is 510 g/mol. The van der Waals surface area contributed by atoms with Crippen LogP contribution >= 0.6 is 0 Å². The SMILES string of the molecule is COc1cccc(C(=O)N(CC(=O)Nc2nc(-c3ccccc3)cn2-c2ccccc2)C[C@@H]2CCCO2)c1. The minimum Gasteiger partial charge on any atom is -0.497 e. The van der Waals surface area contributed by atoms with E-state index >= 15 is 0 Å². The van der Waals surface area contributed by atoms with Gasteiger partial charge in [-0.3, -0.25) is 19.5 Å². The van der Waals surface area contributed by atoms with Crippen LogP contribution in [0, 0.1) is 0 Å². The molecule has 38 heavy (non-hydrogen) atoms. The Kier molecular flexibility index (Phi) is 7.80.